The summed E-state index contributed by atoms with van der Waals surface area (Å²) in [5.41, 5.74) is 0.658. The lowest BCUT2D eigenvalue weighted by Crippen LogP contribution is -2.19. The Labute approximate surface area is 114 Å². The third-order valence-electron chi connectivity index (χ3n) is 3.78. The first-order chi connectivity index (χ1) is 8.75. The second kappa shape index (κ2) is 7.10. The van der Waals surface area contributed by atoms with E-state index in [1.54, 1.807) is 12.1 Å². The SMILES string of the molecule is Fc1ccc(Cl)cc1CNCCC1CCCCC1. The maximum Gasteiger partial charge on any atom is 0.127 e. The Hall–Kier alpha value is -0.600. The minimum absolute atomic E-state index is 0.176. The summed E-state index contributed by atoms with van der Waals surface area (Å²) in [5.74, 6) is 0.694. The first-order valence-corrected chi connectivity index (χ1v) is 7.28. The Morgan fingerprint density at radius 2 is 2.00 bits per heavy atom. The van der Waals surface area contributed by atoms with Crippen molar-refractivity contribution in [1.29, 1.82) is 0 Å². The number of benzene rings is 1. The third kappa shape index (κ3) is 4.25. The van der Waals surface area contributed by atoms with Crippen molar-refractivity contribution in [3.8, 4) is 0 Å². The Bertz CT molecular complexity index is 375. The zero-order chi connectivity index (χ0) is 12.8. The minimum Gasteiger partial charge on any atom is -0.313 e. The molecule has 1 fully saturated rings. The summed E-state index contributed by atoms with van der Waals surface area (Å²) in [6.45, 7) is 1.54. The maximum atomic E-state index is 13.5. The molecule has 1 N–H and O–H groups in total. The summed E-state index contributed by atoms with van der Waals surface area (Å²) in [7, 11) is 0. The molecule has 1 saturated carbocycles. The average molecular weight is 270 g/mol. The molecule has 0 heterocycles. The van der Waals surface area contributed by atoms with Crippen LogP contribution < -0.4 is 5.32 Å². The average Bonchev–Trinajstić information content (AvgIpc) is 2.40. The molecule has 0 aliphatic heterocycles. The van der Waals surface area contributed by atoms with Gasteiger partial charge >= 0.3 is 0 Å². The molecule has 0 spiro atoms. The number of halogens is 2. The quantitative estimate of drug-likeness (QED) is 0.774. The highest BCUT2D eigenvalue weighted by Crippen LogP contribution is 2.25. The first kappa shape index (κ1) is 13.8. The summed E-state index contributed by atoms with van der Waals surface area (Å²) < 4.78 is 13.5. The highest BCUT2D eigenvalue weighted by atomic mass is 35.5. The molecule has 1 nitrogen and oxygen atoms in total. The summed E-state index contributed by atoms with van der Waals surface area (Å²) in [4.78, 5) is 0. The van der Waals surface area contributed by atoms with Gasteiger partial charge in [-0.2, -0.15) is 0 Å². The zero-order valence-electron chi connectivity index (χ0n) is 10.7. The fourth-order valence-electron chi connectivity index (χ4n) is 2.68. The van der Waals surface area contributed by atoms with E-state index < -0.39 is 0 Å². The third-order valence-corrected chi connectivity index (χ3v) is 4.01. The van der Waals surface area contributed by atoms with Gasteiger partial charge in [0, 0.05) is 17.1 Å². The van der Waals surface area contributed by atoms with Crippen LogP contribution in [0.5, 0.6) is 0 Å². The monoisotopic (exact) mass is 269 g/mol. The summed E-state index contributed by atoms with van der Waals surface area (Å²) in [5, 5.41) is 3.92. The van der Waals surface area contributed by atoms with Crippen LogP contribution in [0.4, 0.5) is 4.39 Å². The van der Waals surface area contributed by atoms with Gasteiger partial charge in [0.1, 0.15) is 5.82 Å². The summed E-state index contributed by atoms with van der Waals surface area (Å²) in [6.07, 6.45) is 8.11. The maximum absolute atomic E-state index is 13.5. The zero-order valence-corrected chi connectivity index (χ0v) is 11.5. The van der Waals surface area contributed by atoms with E-state index in [4.69, 9.17) is 11.6 Å². The molecule has 0 bridgehead atoms. The first-order valence-electron chi connectivity index (χ1n) is 6.90. The second-order valence-corrected chi connectivity index (χ2v) is 5.64. The largest absolute Gasteiger partial charge is 0.313 e. The van der Waals surface area contributed by atoms with Crippen molar-refractivity contribution < 1.29 is 4.39 Å². The van der Waals surface area contributed by atoms with Crippen LogP contribution in [-0.2, 0) is 6.54 Å². The predicted molar refractivity (Wildman–Crippen MR) is 74.3 cm³/mol. The Balaban J connectivity index is 1.69. The van der Waals surface area contributed by atoms with Crippen molar-refractivity contribution in [2.45, 2.75) is 45.1 Å². The van der Waals surface area contributed by atoms with Crippen molar-refractivity contribution in [1.82, 2.24) is 5.32 Å². The molecule has 0 aromatic heterocycles. The molecule has 1 aliphatic rings. The summed E-state index contributed by atoms with van der Waals surface area (Å²) in [6, 6.07) is 4.72. The molecule has 18 heavy (non-hydrogen) atoms. The van der Waals surface area contributed by atoms with Crippen LogP contribution in [0.15, 0.2) is 18.2 Å². The molecule has 3 heteroatoms. The van der Waals surface area contributed by atoms with E-state index in [1.165, 1.54) is 44.6 Å². The van der Waals surface area contributed by atoms with E-state index in [0.717, 1.165) is 12.5 Å². The Morgan fingerprint density at radius 1 is 1.22 bits per heavy atom. The number of hydrogen-bond donors (Lipinski definition) is 1. The normalized spacial score (nSPS) is 17.0. The minimum atomic E-state index is -0.176. The highest BCUT2D eigenvalue weighted by molar-refractivity contribution is 6.30. The molecule has 0 amide bonds. The van der Waals surface area contributed by atoms with Gasteiger partial charge in [0.15, 0.2) is 0 Å². The van der Waals surface area contributed by atoms with Crippen LogP contribution in [-0.4, -0.2) is 6.54 Å². The molecular formula is C15H21ClFN. The van der Waals surface area contributed by atoms with Crippen LogP contribution in [0.2, 0.25) is 5.02 Å². The van der Waals surface area contributed by atoms with E-state index in [2.05, 4.69) is 5.32 Å². The Kier molecular flexibility index (Phi) is 5.45. The number of nitrogens with one attached hydrogen (secondary N) is 1. The lowest BCUT2D eigenvalue weighted by atomic mass is 9.87. The van der Waals surface area contributed by atoms with Crippen LogP contribution in [0.3, 0.4) is 0 Å². The Morgan fingerprint density at radius 3 is 2.78 bits per heavy atom. The van der Waals surface area contributed by atoms with Crippen molar-refractivity contribution in [2.24, 2.45) is 5.92 Å². The fraction of sp³-hybridized carbons (Fsp3) is 0.600. The van der Waals surface area contributed by atoms with E-state index in [9.17, 15) is 4.39 Å². The summed E-state index contributed by atoms with van der Waals surface area (Å²) >= 11 is 5.86. The number of hydrogen-bond acceptors (Lipinski definition) is 1. The van der Waals surface area contributed by atoms with Gasteiger partial charge in [-0.1, -0.05) is 43.7 Å². The van der Waals surface area contributed by atoms with E-state index in [-0.39, 0.29) is 5.82 Å². The van der Waals surface area contributed by atoms with Gasteiger partial charge in [-0.05, 0) is 37.1 Å². The predicted octanol–water partition coefficient (Wildman–Crippen LogP) is 4.54. The van der Waals surface area contributed by atoms with Crippen molar-refractivity contribution >= 4 is 11.6 Å². The smallest absolute Gasteiger partial charge is 0.127 e. The number of rotatable bonds is 5. The lowest BCUT2D eigenvalue weighted by Gasteiger charge is -2.21. The second-order valence-electron chi connectivity index (χ2n) is 5.21. The fourth-order valence-corrected chi connectivity index (χ4v) is 2.88. The van der Waals surface area contributed by atoms with Gasteiger partial charge in [-0.25, -0.2) is 4.39 Å². The molecule has 0 radical (unpaired) electrons. The van der Waals surface area contributed by atoms with E-state index >= 15 is 0 Å². The molecule has 1 aliphatic carbocycles. The molecule has 0 saturated heterocycles. The van der Waals surface area contributed by atoms with Crippen LogP contribution in [0, 0.1) is 11.7 Å². The van der Waals surface area contributed by atoms with Gasteiger partial charge in [0.25, 0.3) is 0 Å². The molecular weight excluding hydrogens is 249 g/mol. The van der Waals surface area contributed by atoms with Crippen LogP contribution in [0.25, 0.3) is 0 Å². The highest BCUT2D eigenvalue weighted by Gasteiger charge is 2.12. The molecule has 0 unspecified atom stereocenters. The van der Waals surface area contributed by atoms with Gasteiger partial charge in [0.05, 0.1) is 0 Å². The molecule has 1 aromatic carbocycles. The van der Waals surface area contributed by atoms with Gasteiger partial charge in [0.2, 0.25) is 0 Å². The van der Waals surface area contributed by atoms with Gasteiger partial charge in [-0.15, -0.1) is 0 Å². The van der Waals surface area contributed by atoms with Crippen molar-refractivity contribution in [3.63, 3.8) is 0 Å². The lowest BCUT2D eigenvalue weighted by molar-refractivity contribution is 0.333. The topological polar surface area (TPSA) is 12.0 Å². The standard InChI is InChI=1S/C15H21ClFN/c16-14-6-7-15(17)13(10-14)11-18-9-8-12-4-2-1-3-5-12/h6-7,10,12,18H,1-5,8-9,11H2. The van der Waals surface area contributed by atoms with Crippen LogP contribution in [0.1, 0.15) is 44.1 Å². The van der Waals surface area contributed by atoms with Crippen molar-refractivity contribution in [2.75, 3.05) is 6.54 Å². The molecule has 2 rings (SSSR count). The molecule has 1 aromatic rings. The molecule has 100 valence electrons. The van der Waals surface area contributed by atoms with Gasteiger partial charge in [-0.3, -0.25) is 0 Å². The van der Waals surface area contributed by atoms with Crippen LogP contribution >= 0.6 is 11.6 Å². The molecule has 0 atom stereocenters. The van der Waals surface area contributed by atoms with Crippen molar-refractivity contribution in [3.05, 3.63) is 34.6 Å². The van der Waals surface area contributed by atoms with E-state index in [1.807, 2.05) is 0 Å². The van der Waals surface area contributed by atoms with Gasteiger partial charge < -0.3 is 5.32 Å². The van der Waals surface area contributed by atoms with E-state index in [0.29, 0.717) is 17.1 Å².